The van der Waals surface area contributed by atoms with Gasteiger partial charge >= 0.3 is 0 Å². The van der Waals surface area contributed by atoms with Gasteiger partial charge in [-0.3, -0.25) is 10.1 Å². The Morgan fingerprint density at radius 3 is 2.76 bits per heavy atom. The fraction of sp³-hybridized carbons (Fsp3) is 0.412. The Morgan fingerprint density at radius 2 is 2.08 bits per heavy atom. The predicted molar refractivity (Wildman–Crippen MR) is 99.6 cm³/mol. The van der Waals surface area contributed by atoms with Gasteiger partial charge in [0.1, 0.15) is 0 Å². The van der Waals surface area contributed by atoms with Crippen molar-refractivity contribution in [1.82, 2.24) is 9.29 Å². The van der Waals surface area contributed by atoms with E-state index in [1.54, 1.807) is 13.0 Å². The minimum absolute atomic E-state index is 0.0947. The van der Waals surface area contributed by atoms with Crippen LogP contribution in [0, 0.1) is 13.8 Å². The van der Waals surface area contributed by atoms with Gasteiger partial charge in [0.25, 0.3) is 5.91 Å². The molecule has 1 aliphatic rings. The fourth-order valence-electron chi connectivity index (χ4n) is 2.70. The van der Waals surface area contributed by atoms with Crippen LogP contribution in [0.25, 0.3) is 0 Å². The summed E-state index contributed by atoms with van der Waals surface area (Å²) in [5, 5.41) is 3.35. The summed E-state index contributed by atoms with van der Waals surface area (Å²) in [7, 11) is -3.20. The van der Waals surface area contributed by atoms with E-state index in [4.69, 9.17) is 0 Å². The molecule has 0 unspecified atom stereocenters. The van der Waals surface area contributed by atoms with Crippen LogP contribution in [0.5, 0.6) is 0 Å². The predicted octanol–water partition coefficient (Wildman–Crippen LogP) is 2.72. The Balaban J connectivity index is 1.76. The molecule has 0 saturated heterocycles. The van der Waals surface area contributed by atoms with Crippen LogP contribution >= 0.6 is 11.3 Å². The standard InChI is InChI=1S/C17H21N3O3S2/c1-4-25(22,23)20-8-7-14-15(10-20)24-17(18-14)19-16(21)13-6-5-11(2)12(3)9-13/h5-6,9H,4,7-8,10H2,1-3H3,(H,18,19,21). The summed E-state index contributed by atoms with van der Waals surface area (Å²) in [6.07, 6.45) is 0.574. The SMILES string of the molecule is CCS(=O)(=O)N1CCc2nc(NC(=O)c3ccc(C)c(C)c3)sc2C1. The van der Waals surface area contributed by atoms with Gasteiger partial charge in [0, 0.05) is 30.0 Å². The molecule has 1 aromatic carbocycles. The number of hydrogen-bond donors (Lipinski definition) is 1. The molecule has 8 heteroatoms. The molecule has 6 nitrogen and oxygen atoms in total. The van der Waals surface area contributed by atoms with Gasteiger partial charge in [0.05, 0.1) is 11.4 Å². The van der Waals surface area contributed by atoms with Crippen molar-refractivity contribution in [1.29, 1.82) is 0 Å². The monoisotopic (exact) mass is 379 g/mol. The number of benzene rings is 1. The molecule has 2 aromatic rings. The summed E-state index contributed by atoms with van der Waals surface area (Å²) >= 11 is 1.35. The highest BCUT2D eigenvalue weighted by Crippen LogP contribution is 2.29. The molecule has 25 heavy (non-hydrogen) atoms. The third-order valence-electron chi connectivity index (χ3n) is 4.44. The lowest BCUT2D eigenvalue weighted by Crippen LogP contribution is -2.36. The molecular formula is C17H21N3O3S2. The van der Waals surface area contributed by atoms with Crippen LogP contribution in [0.2, 0.25) is 0 Å². The van der Waals surface area contributed by atoms with Gasteiger partial charge in [-0.25, -0.2) is 13.4 Å². The Bertz CT molecular complexity index is 919. The van der Waals surface area contributed by atoms with Crippen molar-refractivity contribution >= 4 is 32.4 Å². The zero-order chi connectivity index (χ0) is 18.2. The van der Waals surface area contributed by atoms with E-state index in [0.29, 0.717) is 30.2 Å². The highest BCUT2D eigenvalue weighted by Gasteiger charge is 2.28. The number of thiazole rings is 1. The number of nitrogens with zero attached hydrogens (tertiary/aromatic N) is 2. The fourth-order valence-corrected chi connectivity index (χ4v) is 4.86. The lowest BCUT2D eigenvalue weighted by molar-refractivity contribution is 0.102. The number of aryl methyl sites for hydroxylation is 2. The maximum absolute atomic E-state index is 12.4. The molecule has 2 heterocycles. The normalized spacial score (nSPS) is 15.0. The average Bonchev–Trinajstić information content (AvgIpc) is 2.98. The number of hydrogen-bond acceptors (Lipinski definition) is 5. The molecule has 0 fully saturated rings. The van der Waals surface area contributed by atoms with E-state index in [9.17, 15) is 13.2 Å². The smallest absolute Gasteiger partial charge is 0.257 e. The Morgan fingerprint density at radius 1 is 1.32 bits per heavy atom. The highest BCUT2D eigenvalue weighted by atomic mass is 32.2. The number of rotatable bonds is 4. The van der Waals surface area contributed by atoms with Crippen molar-refractivity contribution < 1.29 is 13.2 Å². The number of nitrogens with one attached hydrogen (secondary N) is 1. The van der Waals surface area contributed by atoms with Crippen LogP contribution in [-0.2, 0) is 23.0 Å². The van der Waals surface area contributed by atoms with E-state index in [0.717, 1.165) is 21.7 Å². The summed E-state index contributed by atoms with van der Waals surface area (Å²) < 4.78 is 25.6. The Kier molecular flexibility index (Phi) is 4.95. The van der Waals surface area contributed by atoms with Crippen molar-refractivity contribution in [2.75, 3.05) is 17.6 Å². The van der Waals surface area contributed by atoms with E-state index >= 15 is 0 Å². The van der Waals surface area contributed by atoms with Gasteiger partial charge in [0.2, 0.25) is 10.0 Å². The first kappa shape index (κ1) is 18.0. The summed E-state index contributed by atoms with van der Waals surface area (Å²) in [4.78, 5) is 17.8. The first-order valence-corrected chi connectivity index (χ1v) is 10.6. The van der Waals surface area contributed by atoms with Crippen LogP contribution in [-0.4, -0.2) is 35.9 Å². The van der Waals surface area contributed by atoms with Crippen LogP contribution in [0.4, 0.5) is 5.13 Å². The zero-order valence-electron chi connectivity index (χ0n) is 14.5. The second-order valence-electron chi connectivity index (χ2n) is 6.13. The third kappa shape index (κ3) is 3.75. The van der Waals surface area contributed by atoms with Crippen LogP contribution in [0.15, 0.2) is 18.2 Å². The molecule has 0 saturated carbocycles. The molecule has 3 rings (SSSR count). The number of carbonyl (C=O) groups excluding carboxylic acids is 1. The molecule has 134 valence electrons. The van der Waals surface area contributed by atoms with E-state index < -0.39 is 10.0 Å². The van der Waals surface area contributed by atoms with Gasteiger partial charge in [-0.2, -0.15) is 4.31 Å². The van der Waals surface area contributed by atoms with Crippen molar-refractivity contribution in [2.24, 2.45) is 0 Å². The molecule has 1 aromatic heterocycles. The van der Waals surface area contributed by atoms with Gasteiger partial charge in [-0.15, -0.1) is 11.3 Å². The molecule has 0 bridgehead atoms. The van der Waals surface area contributed by atoms with Crippen LogP contribution in [0.3, 0.4) is 0 Å². The van der Waals surface area contributed by atoms with Gasteiger partial charge in [0.15, 0.2) is 5.13 Å². The maximum Gasteiger partial charge on any atom is 0.257 e. The summed E-state index contributed by atoms with van der Waals surface area (Å²) in [6, 6.07) is 5.57. The van der Waals surface area contributed by atoms with E-state index in [2.05, 4.69) is 10.3 Å². The number of amides is 1. The Hall–Kier alpha value is -1.77. The molecule has 0 spiro atoms. The lowest BCUT2D eigenvalue weighted by atomic mass is 10.1. The topological polar surface area (TPSA) is 79.4 Å². The van der Waals surface area contributed by atoms with Crippen molar-refractivity contribution in [3.8, 4) is 0 Å². The largest absolute Gasteiger partial charge is 0.298 e. The molecule has 0 radical (unpaired) electrons. The van der Waals surface area contributed by atoms with Crippen molar-refractivity contribution in [2.45, 2.75) is 33.7 Å². The minimum atomic E-state index is -3.20. The third-order valence-corrected chi connectivity index (χ3v) is 7.27. The lowest BCUT2D eigenvalue weighted by Gasteiger charge is -2.24. The molecule has 1 amide bonds. The van der Waals surface area contributed by atoms with Crippen LogP contribution in [0.1, 0.15) is 39.0 Å². The summed E-state index contributed by atoms with van der Waals surface area (Å²) in [5.74, 6) is -0.107. The van der Waals surface area contributed by atoms with Gasteiger partial charge in [-0.05, 0) is 44.0 Å². The second-order valence-corrected chi connectivity index (χ2v) is 9.47. The minimum Gasteiger partial charge on any atom is -0.298 e. The first-order chi connectivity index (χ1) is 11.8. The van der Waals surface area contributed by atoms with Crippen molar-refractivity contribution in [3.63, 3.8) is 0 Å². The van der Waals surface area contributed by atoms with Gasteiger partial charge in [-0.1, -0.05) is 6.07 Å². The zero-order valence-corrected chi connectivity index (χ0v) is 16.1. The summed E-state index contributed by atoms with van der Waals surface area (Å²) in [5.41, 5.74) is 3.67. The van der Waals surface area contributed by atoms with Gasteiger partial charge < -0.3 is 0 Å². The molecular weight excluding hydrogens is 358 g/mol. The van der Waals surface area contributed by atoms with E-state index in [-0.39, 0.29) is 11.7 Å². The molecule has 0 atom stereocenters. The highest BCUT2D eigenvalue weighted by molar-refractivity contribution is 7.89. The van der Waals surface area contributed by atoms with E-state index in [1.165, 1.54) is 15.6 Å². The number of carbonyl (C=O) groups is 1. The quantitative estimate of drug-likeness (QED) is 0.886. The number of sulfonamides is 1. The number of fused-ring (bicyclic) bond motifs is 1. The summed E-state index contributed by atoms with van der Waals surface area (Å²) in [6.45, 7) is 6.39. The van der Waals surface area contributed by atoms with E-state index in [1.807, 2.05) is 26.0 Å². The Labute approximate surface area is 151 Å². The molecule has 1 N–H and O–H groups in total. The number of anilines is 1. The molecule has 0 aliphatic carbocycles. The molecule has 1 aliphatic heterocycles. The first-order valence-electron chi connectivity index (χ1n) is 8.15. The maximum atomic E-state index is 12.4. The second kappa shape index (κ2) is 6.86. The van der Waals surface area contributed by atoms with Crippen LogP contribution < -0.4 is 5.32 Å². The van der Waals surface area contributed by atoms with Crippen molar-refractivity contribution in [3.05, 3.63) is 45.5 Å². The number of aromatic nitrogens is 1. The average molecular weight is 380 g/mol.